The van der Waals surface area contributed by atoms with E-state index in [0.717, 1.165) is 11.1 Å². The molecule has 0 aliphatic heterocycles. The highest BCUT2D eigenvalue weighted by molar-refractivity contribution is 6.30. The van der Waals surface area contributed by atoms with Crippen LogP contribution in [0.1, 0.15) is 5.56 Å². The van der Waals surface area contributed by atoms with E-state index in [-0.39, 0.29) is 0 Å². The second kappa shape index (κ2) is 7.43. The molecule has 1 aromatic rings. The second-order valence-corrected chi connectivity index (χ2v) is 5.46. The summed E-state index contributed by atoms with van der Waals surface area (Å²) in [5.74, 6) is -1.94. The molecule has 0 unspecified atom stereocenters. The lowest BCUT2D eigenvalue weighted by Gasteiger charge is -2.37. The quantitative estimate of drug-likeness (QED) is 0.584. The molecule has 0 amide bonds. The Hall–Kier alpha value is -1.43. The Labute approximate surface area is 141 Å². The van der Waals surface area contributed by atoms with E-state index in [1.54, 1.807) is 40.6 Å². The number of benzene rings is 1. The first-order valence-electron chi connectivity index (χ1n) is 7.11. The van der Waals surface area contributed by atoms with Gasteiger partial charge in [0.25, 0.3) is 0 Å². The summed E-state index contributed by atoms with van der Waals surface area (Å²) in [5.41, 5.74) is 1.73. The number of ether oxygens (including phenoxy) is 4. The molecule has 0 radical (unpaired) electrons. The Kier molecular flexibility index (Phi) is 5.79. The van der Waals surface area contributed by atoms with Gasteiger partial charge in [0.15, 0.2) is 0 Å². The molecule has 1 aliphatic carbocycles. The second-order valence-electron chi connectivity index (χ2n) is 5.03. The molecule has 2 rings (SSSR count). The smallest absolute Gasteiger partial charge is 0.214 e. The molecular weight excluding hydrogens is 316 g/mol. The summed E-state index contributed by atoms with van der Waals surface area (Å²) in [6.07, 6.45) is 9.18. The molecule has 0 bridgehead atoms. The fourth-order valence-corrected chi connectivity index (χ4v) is 2.64. The minimum Gasteiger partial charge on any atom is -0.346 e. The van der Waals surface area contributed by atoms with E-state index in [1.165, 1.54) is 0 Å². The van der Waals surface area contributed by atoms with Gasteiger partial charge in [-0.3, -0.25) is 0 Å². The van der Waals surface area contributed by atoms with Crippen LogP contribution in [0.25, 0.3) is 6.08 Å². The summed E-state index contributed by atoms with van der Waals surface area (Å²) in [6, 6.07) is 7.56. The Bertz CT molecular complexity index is 626. The maximum absolute atomic E-state index is 6.02. The molecule has 0 spiro atoms. The monoisotopic (exact) mass is 336 g/mol. The van der Waals surface area contributed by atoms with Crippen molar-refractivity contribution < 1.29 is 18.9 Å². The molecular formula is C18H21ClO4. The van der Waals surface area contributed by atoms with Crippen LogP contribution in [-0.2, 0) is 18.9 Å². The van der Waals surface area contributed by atoms with Gasteiger partial charge in [-0.15, -0.1) is 0 Å². The van der Waals surface area contributed by atoms with Crippen molar-refractivity contribution in [3.8, 4) is 0 Å². The molecule has 0 atom stereocenters. The third-order valence-corrected chi connectivity index (χ3v) is 4.08. The molecule has 4 nitrogen and oxygen atoms in total. The number of hydrogen-bond donors (Lipinski definition) is 0. The summed E-state index contributed by atoms with van der Waals surface area (Å²) in [6.45, 7) is 0. The van der Waals surface area contributed by atoms with Crippen LogP contribution in [-0.4, -0.2) is 40.0 Å². The Morgan fingerprint density at radius 3 is 2.17 bits per heavy atom. The van der Waals surface area contributed by atoms with E-state index in [4.69, 9.17) is 30.5 Å². The summed E-state index contributed by atoms with van der Waals surface area (Å²) >= 11 is 6.02. The minimum absolute atomic E-state index is 0.678. The molecule has 0 aromatic heterocycles. The lowest BCUT2D eigenvalue weighted by Crippen LogP contribution is -2.41. The maximum atomic E-state index is 6.02. The first-order valence-corrected chi connectivity index (χ1v) is 7.49. The zero-order valence-corrected chi connectivity index (χ0v) is 14.5. The van der Waals surface area contributed by atoms with Gasteiger partial charge in [-0.2, -0.15) is 0 Å². The van der Waals surface area contributed by atoms with E-state index < -0.39 is 11.6 Å². The third kappa shape index (κ3) is 3.74. The van der Waals surface area contributed by atoms with Crippen LogP contribution in [0.5, 0.6) is 0 Å². The van der Waals surface area contributed by atoms with E-state index >= 15 is 0 Å². The van der Waals surface area contributed by atoms with E-state index in [0.29, 0.717) is 5.02 Å². The van der Waals surface area contributed by atoms with Crippen LogP contribution < -0.4 is 0 Å². The standard InChI is InChI=1S/C18H21ClO4/c1-20-17(21-2)10-11-18(22-3,23-4)15(13-17)9-8-14-6-5-7-16(19)12-14/h5-13H,1-4H3/b9-8+. The Morgan fingerprint density at radius 2 is 1.61 bits per heavy atom. The SMILES string of the molecule is COC1(OC)C=CC(OC)(OC)C(/C=C/c2cccc(Cl)c2)=C1. The van der Waals surface area contributed by atoms with Gasteiger partial charge in [-0.1, -0.05) is 35.9 Å². The first-order chi connectivity index (χ1) is 11.0. The largest absolute Gasteiger partial charge is 0.346 e. The number of rotatable bonds is 6. The Balaban J connectivity index is 2.42. The molecule has 23 heavy (non-hydrogen) atoms. The van der Waals surface area contributed by atoms with Gasteiger partial charge in [0, 0.05) is 39.0 Å². The predicted molar refractivity (Wildman–Crippen MR) is 91.2 cm³/mol. The van der Waals surface area contributed by atoms with Crippen molar-refractivity contribution in [2.24, 2.45) is 0 Å². The highest BCUT2D eigenvalue weighted by atomic mass is 35.5. The highest BCUT2D eigenvalue weighted by Gasteiger charge is 2.39. The van der Waals surface area contributed by atoms with Gasteiger partial charge in [-0.05, 0) is 35.9 Å². The van der Waals surface area contributed by atoms with Crippen LogP contribution in [0.2, 0.25) is 5.02 Å². The first kappa shape index (κ1) is 17.9. The summed E-state index contributed by atoms with van der Waals surface area (Å²) in [5, 5.41) is 0.678. The minimum atomic E-state index is -0.990. The predicted octanol–water partition coefficient (Wildman–Crippen LogP) is 3.83. The lowest BCUT2D eigenvalue weighted by atomic mass is 9.94. The molecule has 5 heteroatoms. The normalized spacial score (nSPS) is 19.1. The molecule has 0 saturated carbocycles. The van der Waals surface area contributed by atoms with Crippen molar-refractivity contribution in [1.82, 2.24) is 0 Å². The van der Waals surface area contributed by atoms with Crippen LogP contribution in [0.4, 0.5) is 0 Å². The van der Waals surface area contributed by atoms with Crippen molar-refractivity contribution in [3.63, 3.8) is 0 Å². The lowest BCUT2D eigenvalue weighted by molar-refractivity contribution is -0.164. The zero-order chi connectivity index (χ0) is 16.9. The van der Waals surface area contributed by atoms with Crippen LogP contribution in [0, 0.1) is 0 Å². The van der Waals surface area contributed by atoms with Gasteiger partial charge in [0.05, 0.1) is 0 Å². The van der Waals surface area contributed by atoms with Gasteiger partial charge in [0.1, 0.15) is 0 Å². The number of hydrogen-bond acceptors (Lipinski definition) is 4. The summed E-state index contributed by atoms with van der Waals surface area (Å²) in [7, 11) is 6.33. The van der Waals surface area contributed by atoms with Crippen LogP contribution >= 0.6 is 11.6 Å². The molecule has 0 fully saturated rings. The van der Waals surface area contributed by atoms with E-state index in [2.05, 4.69) is 0 Å². The van der Waals surface area contributed by atoms with Crippen molar-refractivity contribution in [2.45, 2.75) is 11.6 Å². The van der Waals surface area contributed by atoms with Crippen molar-refractivity contribution >= 4 is 17.7 Å². The average molecular weight is 337 g/mol. The molecule has 0 heterocycles. The Morgan fingerprint density at radius 1 is 0.913 bits per heavy atom. The highest BCUT2D eigenvalue weighted by Crippen LogP contribution is 2.35. The van der Waals surface area contributed by atoms with Gasteiger partial charge in [-0.25, -0.2) is 0 Å². The maximum Gasteiger partial charge on any atom is 0.214 e. The van der Waals surface area contributed by atoms with Crippen molar-refractivity contribution in [2.75, 3.05) is 28.4 Å². The number of methoxy groups -OCH3 is 4. The van der Waals surface area contributed by atoms with E-state index in [1.807, 2.05) is 42.5 Å². The zero-order valence-electron chi connectivity index (χ0n) is 13.7. The van der Waals surface area contributed by atoms with Gasteiger partial charge in [0.2, 0.25) is 11.6 Å². The molecule has 124 valence electrons. The molecule has 0 saturated heterocycles. The van der Waals surface area contributed by atoms with Crippen LogP contribution in [0.3, 0.4) is 0 Å². The molecule has 0 N–H and O–H groups in total. The van der Waals surface area contributed by atoms with Crippen LogP contribution in [0.15, 0.2) is 54.1 Å². The summed E-state index contributed by atoms with van der Waals surface area (Å²) in [4.78, 5) is 0. The third-order valence-electron chi connectivity index (χ3n) is 3.84. The topological polar surface area (TPSA) is 36.9 Å². The van der Waals surface area contributed by atoms with E-state index in [9.17, 15) is 0 Å². The van der Waals surface area contributed by atoms with Crippen molar-refractivity contribution in [3.05, 3.63) is 64.7 Å². The fourth-order valence-electron chi connectivity index (χ4n) is 2.44. The fraction of sp³-hybridized carbons (Fsp3) is 0.333. The molecule has 1 aliphatic rings. The number of halogens is 1. The summed E-state index contributed by atoms with van der Waals surface area (Å²) < 4.78 is 22.1. The van der Waals surface area contributed by atoms with Crippen molar-refractivity contribution in [1.29, 1.82) is 0 Å². The molecule has 1 aromatic carbocycles. The average Bonchev–Trinajstić information content (AvgIpc) is 2.60. The van der Waals surface area contributed by atoms with Gasteiger partial charge < -0.3 is 18.9 Å². The van der Waals surface area contributed by atoms with Gasteiger partial charge >= 0.3 is 0 Å².